The first-order valence-electron chi connectivity index (χ1n) is 8.95. The molecule has 3 N–H and O–H groups in total. The van der Waals surface area contributed by atoms with Crippen molar-refractivity contribution in [1.29, 1.82) is 0 Å². The van der Waals surface area contributed by atoms with Crippen LogP contribution in [0.25, 0.3) is 11.1 Å². The van der Waals surface area contributed by atoms with Gasteiger partial charge in [0.05, 0.1) is 5.56 Å². The molecule has 1 fully saturated rings. The van der Waals surface area contributed by atoms with Gasteiger partial charge in [0.1, 0.15) is 5.82 Å². The normalized spacial score (nSPS) is 16.0. The van der Waals surface area contributed by atoms with E-state index in [4.69, 9.17) is 5.73 Å². The van der Waals surface area contributed by atoms with Gasteiger partial charge in [-0.05, 0) is 30.5 Å². The van der Waals surface area contributed by atoms with Crippen molar-refractivity contribution in [2.45, 2.75) is 50.7 Å². The van der Waals surface area contributed by atoms with Gasteiger partial charge in [0.2, 0.25) is 5.82 Å². The number of primary amides is 1. The van der Waals surface area contributed by atoms with Crippen LogP contribution in [0.2, 0.25) is 0 Å². The number of nitrogens with zero attached hydrogens (tertiary/aromatic N) is 2. The van der Waals surface area contributed by atoms with Gasteiger partial charge in [-0.25, -0.2) is 9.97 Å². The molecule has 1 aromatic carbocycles. The van der Waals surface area contributed by atoms with Gasteiger partial charge in [-0.2, -0.15) is 13.2 Å². The van der Waals surface area contributed by atoms with E-state index in [-0.39, 0.29) is 11.9 Å². The van der Waals surface area contributed by atoms with E-state index in [1.54, 1.807) is 0 Å². The van der Waals surface area contributed by atoms with Gasteiger partial charge in [0, 0.05) is 17.8 Å². The summed E-state index contributed by atoms with van der Waals surface area (Å²) < 4.78 is 38.4. The molecule has 2 aromatic rings. The molecule has 1 aliphatic rings. The van der Waals surface area contributed by atoms with Crippen molar-refractivity contribution in [2.75, 3.05) is 5.32 Å². The lowest BCUT2D eigenvalue weighted by molar-refractivity contribution is -0.137. The third kappa shape index (κ3) is 4.75. The number of aromatic nitrogens is 2. The molecule has 0 bridgehead atoms. The van der Waals surface area contributed by atoms with Crippen LogP contribution in [0, 0.1) is 0 Å². The third-order valence-electron chi connectivity index (χ3n) is 4.73. The van der Waals surface area contributed by atoms with Crippen LogP contribution in [0.15, 0.2) is 30.5 Å². The summed E-state index contributed by atoms with van der Waals surface area (Å²) in [6.07, 6.45) is 3.54. The number of hydrogen-bond acceptors (Lipinski definition) is 4. The Morgan fingerprint density at radius 2 is 1.70 bits per heavy atom. The zero-order chi connectivity index (χ0) is 19.4. The second kappa shape index (κ2) is 7.94. The van der Waals surface area contributed by atoms with Crippen LogP contribution in [0.5, 0.6) is 0 Å². The number of halogens is 3. The lowest BCUT2D eigenvalue weighted by Crippen LogP contribution is -2.22. The zero-order valence-electron chi connectivity index (χ0n) is 14.7. The Kier molecular flexibility index (Phi) is 5.62. The molecule has 1 heterocycles. The van der Waals surface area contributed by atoms with Crippen molar-refractivity contribution >= 4 is 11.7 Å². The minimum Gasteiger partial charge on any atom is -0.367 e. The Morgan fingerprint density at radius 3 is 2.26 bits per heavy atom. The van der Waals surface area contributed by atoms with Gasteiger partial charge in [-0.1, -0.05) is 37.8 Å². The fourth-order valence-corrected chi connectivity index (χ4v) is 3.28. The van der Waals surface area contributed by atoms with E-state index >= 15 is 0 Å². The summed E-state index contributed by atoms with van der Waals surface area (Å²) in [6, 6.07) is 4.99. The van der Waals surface area contributed by atoms with Crippen molar-refractivity contribution in [2.24, 2.45) is 5.73 Å². The van der Waals surface area contributed by atoms with Gasteiger partial charge in [-0.3, -0.25) is 4.79 Å². The maximum Gasteiger partial charge on any atom is 0.416 e. The number of carbonyl (C=O) groups excluding carboxylic acids is 1. The molecular weight excluding hydrogens is 357 g/mol. The van der Waals surface area contributed by atoms with Crippen molar-refractivity contribution in [3.63, 3.8) is 0 Å². The maximum atomic E-state index is 12.8. The Labute approximate surface area is 155 Å². The SMILES string of the molecule is NC(=O)c1ncc(-c2ccc(C(F)(F)F)cc2)c(NC2CCCCCC2)n1. The summed E-state index contributed by atoms with van der Waals surface area (Å²) in [6.45, 7) is 0. The molecule has 1 aromatic heterocycles. The summed E-state index contributed by atoms with van der Waals surface area (Å²) in [7, 11) is 0. The van der Waals surface area contributed by atoms with Crippen LogP contribution in [-0.2, 0) is 6.18 Å². The molecule has 0 spiro atoms. The molecule has 5 nitrogen and oxygen atoms in total. The van der Waals surface area contributed by atoms with Crippen LogP contribution in [0.4, 0.5) is 19.0 Å². The van der Waals surface area contributed by atoms with E-state index in [2.05, 4.69) is 15.3 Å². The zero-order valence-corrected chi connectivity index (χ0v) is 14.7. The molecular formula is C19H21F3N4O. The lowest BCUT2D eigenvalue weighted by atomic mass is 10.0. The molecule has 1 amide bonds. The van der Waals surface area contributed by atoms with Gasteiger partial charge in [-0.15, -0.1) is 0 Å². The van der Waals surface area contributed by atoms with Crippen LogP contribution in [-0.4, -0.2) is 21.9 Å². The van der Waals surface area contributed by atoms with Crippen LogP contribution >= 0.6 is 0 Å². The first-order valence-corrected chi connectivity index (χ1v) is 8.95. The van der Waals surface area contributed by atoms with Gasteiger partial charge >= 0.3 is 6.18 Å². The van der Waals surface area contributed by atoms with Crippen molar-refractivity contribution in [3.05, 3.63) is 41.9 Å². The highest BCUT2D eigenvalue weighted by Crippen LogP contribution is 2.33. The molecule has 8 heteroatoms. The van der Waals surface area contributed by atoms with E-state index in [1.165, 1.54) is 31.2 Å². The first kappa shape index (κ1) is 19.1. The molecule has 3 rings (SSSR count). The molecule has 0 saturated heterocycles. The predicted octanol–water partition coefficient (Wildman–Crippen LogP) is 4.40. The molecule has 0 atom stereocenters. The monoisotopic (exact) mass is 378 g/mol. The average Bonchev–Trinajstić information content (AvgIpc) is 2.90. The lowest BCUT2D eigenvalue weighted by Gasteiger charge is -2.19. The average molecular weight is 378 g/mol. The summed E-state index contributed by atoms with van der Waals surface area (Å²) >= 11 is 0. The number of nitrogens with one attached hydrogen (secondary N) is 1. The number of nitrogens with two attached hydrogens (primary N) is 1. The van der Waals surface area contributed by atoms with E-state index in [9.17, 15) is 18.0 Å². The first-order chi connectivity index (χ1) is 12.8. The van der Waals surface area contributed by atoms with Gasteiger partial charge in [0.25, 0.3) is 5.91 Å². The largest absolute Gasteiger partial charge is 0.416 e. The Balaban J connectivity index is 1.94. The highest BCUT2D eigenvalue weighted by atomic mass is 19.4. The van der Waals surface area contributed by atoms with E-state index in [1.807, 2.05) is 0 Å². The molecule has 144 valence electrons. The number of rotatable bonds is 4. The van der Waals surface area contributed by atoms with Crippen molar-refractivity contribution < 1.29 is 18.0 Å². The highest BCUT2D eigenvalue weighted by molar-refractivity contribution is 5.90. The molecule has 1 aliphatic carbocycles. The summed E-state index contributed by atoms with van der Waals surface area (Å²) in [5.74, 6) is -0.454. The summed E-state index contributed by atoms with van der Waals surface area (Å²) in [5.41, 5.74) is 5.63. The summed E-state index contributed by atoms with van der Waals surface area (Å²) in [5, 5.41) is 3.35. The topological polar surface area (TPSA) is 80.9 Å². The van der Waals surface area contributed by atoms with Gasteiger partial charge < -0.3 is 11.1 Å². The molecule has 0 aliphatic heterocycles. The minimum absolute atomic E-state index is 0.123. The van der Waals surface area contributed by atoms with Crippen LogP contribution in [0.1, 0.15) is 54.7 Å². The Hall–Kier alpha value is -2.64. The second-order valence-corrected chi connectivity index (χ2v) is 6.73. The fourth-order valence-electron chi connectivity index (χ4n) is 3.28. The quantitative estimate of drug-likeness (QED) is 0.773. The highest BCUT2D eigenvalue weighted by Gasteiger charge is 2.30. The van der Waals surface area contributed by atoms with Crippen LogP contribution < -0.4 is 11.1 Å². The van der Waals surface area contributed by atoms with Crippen LogP contribution in [0.3, 0.4) is 0 Å². The molecule has 0 radical (unpaired) electrons. The van der Waals surface area contributed by atoms with Crippen molar-refractivity contribution in [3.8, 4) is 11.1 Å². The minimum atomic E-state index is -4.40. The number of amides is 1. The van der Waals surface area contributed by atoms with E-state index in [0.717, 1.165) is 37.8 Å². The van der Waals surface area contributed by atoms with E-state index in [0.29, 0.717) is 16.9 Å². The fraction of sp³-hybridized carbons (Fsp3) is 0.421. The number of benzene rings is 1. The summed E-state index contributed by atoms with van der Waals surface area (Å²) in [4.78, 5) is 19.6. The number of carbonyl (C=O) groups is 1. The molecule has 27 heavy (non-hydrogen) atoms. The number of alkyl halides is 3. The Bertz CT molecular complexity index is 798. The third-order valence-corrected chi connectivity index (χ3v) is 4.73. The predicted molar refractivity (Wildman–Crippen MR) is 96.1 cm³/mol. The Morgan fingerprint density at radius 1 is 1.07 bits per heavy atom. The number of hydrogen-bond donors (Lipinski definition) is 2. The standard InChI is InChI=1S/C19H21F3N4O/c20-19(21,22)13-9-7-12(8-10-13)15-11-24-18(16(23)27)26-17(15)25-14-5-3-1-2-4-6-14/h7-11,14H,1-6H2,(H2,23,27)(H,24,25,26). The van der Waals surface area contributed by atoms with Gasteiger partial charge in [0.15, 0.2) is 0 Å². The second-order valence-electron chi connectivity index (χ2n) is 6.73. The van der Waals surface area contributed by atoms with E-state index < -0.39 is 17.6 Å². The van der Waals surface area contributed by atoms with Crippen molar-refractivity contribution in [1.82, 2.24) is 9.97 Å². The number of anilines is 1. The maximum absolute atomic E-state index is 12.8. The molecule has 1 saturated carbocycles. The molecule has 0 unspecified atom stereocenters. The smallest absolute Gasteiger partial charge is 0.367 e.